The first-order valence-corrected chi connectivity index (χ1v) is 9.11. The maximum absolute atomic E-state index is 12.5. The van der Waals surface area contributed by atoms with Crippen molar-refractivity contribution in [1.29, 1.82) is 0 Å². The van der Waals surface area contributed by atoms with E-state index >= 15 is 0 Å². The van der Waals surface area contributed by atoms with Crippen LogP contribution >= 0.6 is 15.9 Å². The number of aromatic nitrogens is 4. The van der Waals surface area contributed by atoms with Gasteiger partial charge in [-0.1, -0.05) is 22.9 Å². The van der Waals surface area contributed by atoms with Gasteiger partial charge in [0.05, 0.1) is 0 Å². The quantitative estimate of drug-likeness (QED) is 0.802. The Labute approximate surface area is 150 Å². The number of carbonyl (C=O) groups is 1. The Morgan fingerprint density at radius 3 is 2.58 bits per heavy atom. The SMILES string of the molecule is CC1CCC(N(C)C(=O)Cn2nnc(-c3ccc(Br)cc3)n2)CC1. The molecule has 1 aliphatic carbocycles. The molecule has 1 saturated carbocycles. The normalized spacial score (nSPS) is 20.8. The lowest BCUT2D eigenvalue weighted by Crippen LogP contribution is -2.41. The molecule has 1 heterocycles. The average molecular weight is 392 g/mol. The Bertz CT molecular complexity index is 691. The topological polar surface area (TPSA) is 63.9 Å². The molecule has 2 aromatic rings. The summed E-state index contributed by atoms with van der Waals surface area (Å²) in [5.41, 5.74) is 0.881. The van der Waals surface area contributed by atoms with Gasteiger partial charge < -0.3 is 4.90 Å². The molecule has 0 bridgehead atoms. The molecule has 0 N–H and O–H groups in total. The van der Waals surface area contributed by atoms with E-state index in [0.29, 0.717) is 11.9 Å². The van der Waals surface area contributed by atoms with E-state index in [1.165, 1.54) is 17.6 Å². The van der Waals surface area contributed by atoms with E-state index < -0.39 is 0 Å². The zero-order valence-electron chi connectivity index (χ0n) is 14.0. The van der Waals surface area contributed by atoms with Gasteiger partial charge in [0, 0.05) is 23.1 Å². The van der Waals surface area contributed by atoms with Gasteiger partial charge in [-0.15, -0.1) is 10.2 Å². The van der Waals surface area contributed by atoms with Crippen LogP contribution in [0, 0.1) is 5.92 Å². The number of hydrogen-bond donors (Lipinski definition) is 0. The van der Waals surface area contributed by atoms with Gasteiger partial charge in [0.2, 0.25) is 11.7 Å². The third-order valence-electron chi connectivity index (χ3n) is 4.76. The molecule has 7 heteroatoms. The molecule has 24 heavy (non-hydrogen) atoms. The monoisotopic (exact) mass is 391 g/mol. The van der Waals surface area contributed by atoms with Gasteiger partial charge in [0.25, 0.3) is 0 Å². The first-order valence-electron chi connectivity index (χ1n) is 8.32. The average Bonchev–Trinajstić information content (AvgIpc) is 3.04. The second-order valence-electron chi connectivity index (χ2n) is 6.57. The molecular weight excluding hydrogens is 370 g/mol. The lowest BCUT2D eigenvalue weighted by Gasteiger charge is -2.33. The number of tetrazole rings is 1. The highest BCUT2D eigenvalue weighted by molar-refractivity contribution is 9.10. The molecule has 128 valence electrons. The molecule has 0 saturated heterocycles. The van der Waals surface area contributed by atoms with Crippen LogP contribution in [0.5, 0.6) is 0 Å². The van der Waals surface area contributed by atoms with E-state index in [2.05, 4.69) is 38.3 Å². The Kier molecular flexibility index (Phi) is 5.28. The Morgan fingerprint density at radius 1 is 1.25 bits per heavy atom. The second-order valence-corrected chi connectivity index (χ2v) is 7.48. The smallest absolute Gasteiger partial charge is 0.246 e. The molecule has 1 aromatic heterocycles. The van der Waals surface area contributed by atoms with Gasteiger partial charge in [-0.05, 0) is 61.1 Å². The van der Waals surface area contributed by atoms with E-state index in [-0.39, 0.29) is 12.5 Å². The van der Waals surface area contributed by atoms with Gasteiger partial charge in [-0.2, -0.15) is 4.80 Å². The minimum absolute atomic E-state index is 0.0364. The minimum atomic E-state index is 0.0364. The number of carbonyl (C=O) groups excluding carboxylic acids is 1. The largest absolute Gasteiger partial charge is 0.341 e. The Balaban J connectivity index is 1.61. The number of amides is 1. The minimum Gasteiger partial charge on any atom is -0.341 e. The predicted molar refractivity (Wildman–Crippen MR) is 95.1 cm³/mol. The van der Waals surface area contributed by atoms with Crippen LogP contribution in [-0.2, 0) is 11.3 Å². The molecule has 1 aliphatic rings. The molecule has 0 atom stereocenters. The highest BCUT2D eigenvalue weighted by Crippen LogP contribution is 2.26. The Morgan fingerprint density at radius 2 is 1.92 bits per heavy atom. The molecule has 1 amide bonds. The fourth-order valence-corrected chi connectivity index (χ4v) is 3.35. The first-order chi connectivity index (χ1) is 11.5. The highest BCUT2D eigenvalue weighted by Gasteiger charge is 2.25. The van der Waals surface area contributed by atoms with E-state index in [9.17, 15) is 4.79 Å². The van der Waals surface area contributed by atoms with Crippen molar-refractivity contribution in [2.45, 2.75) is 45.2 Å². The van der Waals surface area contributed by atoms with Crippen molar-refractivity contribution in [1.82, 2.24) is 25.1 Å². The number of benzene rings is 1. The molecule has 0 unspecified atom stereocenters. The number of likely N-dealkylation sites (N-methyl/N-ethyl adjacent to an activating group) is 1. The molecule has 0 spiro atoms. The summed E-state index contributed by atoms with van der Waals surface area (Å²) in [4.78, 5) is 15.7. The molecule has 1 fully saturated rings. The summed E-state index contributed by atoms with van der Waals surface area (Å²) < 4.78 is 0.997. The van der Waals surface area contributed by atoms with Crippen molar-refractivity contribution in [2.75, 3.05) is 7.05 Å². The van der Waals surface area contributed by atoms with E-state index in [4.69, 9.17) is 0 Å². The maximum Gasteiger partial charge on any atom is 0.246 e. The maximum atomic E-state index is 12.5. The van der Waals surface area contributed by atoms with Gasteiger partial charge in [-0.25, -0.2) is 0 Å². The summed E-state index contributed by atoms with van der Waals surface area (Å²) in [6.45, 7) is 2.41. The first kappa shape index (κ1) is 17.1. The van der Waals surface area contributed by atoms with E-state index in [1.807, 2.05) is 36.2 Å². The van der Waals surface area contributed by atoms with Crippen LogP contribution in [0.4, 0.5) is 0 Å². The third-order valence-corrected chi connectivity index (χ3v) is 5.29. The van der Waals surface area contributed by atoms with Crippen LogP contribution in [0.2, 0.25) is 0 Å². The number of hydrogen-bond acceptors (Lipinski definition) is 4. The van der Waals surface area contributed by atoms with Crippen molar-refractivity contribution in [3.8, 4) is 11.4 Å². The summed E-state index contributed by atoms with van der Waals surface area (Å²) >= 11 is 3.40. The van der Waals surface area contributed by atoms with Gasteiger partial charge in [0.1, 0.15) is 6.54 Å². The molecular formula is C17H22BrN5O. The molecule has 1 aromatic carbocycles. The molecule has 0 radical (unpaired) electrons. The van der Waals surface area contributed by atoms with Gasteiger partial charge >= 0.3 is 0 Å². The fourth-order valence-electron chi connectivity index (χ4n) is 3.09. The fraction of sp³-hybridized carbons (Fsp3) is 0.529. The number of rotatable bonds is 4. The summed E-state index contributed by atoms with van der Waals surface area (Å²) in [6, 6.07) is 8.03. The van der Waals surface area contributed by atoms with Crippen molar-refractivity contribution >= 4 is 21.8 Å². The highest BCUT2D eigenvalue weighted by atomic mass is 79.9. The molecule has 0 aliphatic heterocycles. The predicted octanol–water partition coefficient (Wildman–Crippen LogP) is 3.14. The van der Waals surface area contributed by atoms with Crippen LogP contribution < -0.4 is 0 Å². The lowest BCUT2D eigenvalue weighted by atomic mass is 9.87. The van der Waals surface area contributed by atoms with Crippen LogP contribution in [-0.4, -0.2) is 44.1 Å². The van der Waals surface area contributed by atoms with Gasteiger partial charge in [0.15, 0.2) is 0 Å². The van der Waals surface area contributed by atoms with Crippen LogP contribution in [0.3, 0.4) is 0 Å². The standard InChI is InChI=1S/C17H22BrN5O/c1-12-3-9-15(10-4-12)22(2)16(24)11-23-20-17(19-21-23)13-5-7-14(18)8-6-13/h5-8,12,15H,3-4,9-11H2,1-2H3. The lowest BCUT2D eigenvalue weighted by molar-refractivity contribution is -0.133. The second kappa shape index (κ2) is 7.42. The number of halogens is 1. The zero-order valence-corrected chi connectivity index (χ0v) is 15.6. The number of nitrogens with zero attached hydrogens (tertiary/aromatic N) is 5. The van der Waals surface area contributed by atoms with Crippen LogP contribution in [0.1, 0.15) is 32.6 Å². The molecule has 6 nitrogen and oxygen atoms in total. The summed E-state index contributed by atoms with van der Waals surface area (Å²) in [5.74, 6) is 1.34. The van der Waals surface area contributed by atoms with Crippen LogP contribution in [0.25, 0.3) is 11.4 Å². The van der Waals surface area contributed by atoms with E-state index in [1.54, 1.807) is 0 Å². The summed E-state index contributed by atoms with van der Waals surface area (Å²) in [6.07, 6.45) is 4.55. The molecule has 3 rings (SSSR count). The van der Waals surface area contributed by atoms with Crippen molar-refractivity contribution in [3.63, 3.8) is 0 Å². The van der Waals surface area contributed by atoms with Crippen molar-refractivity contribution in [3.05, 3.63) is 28.7 Å². The van der Waals surface area contributed by atoms with Gasteiger partial charge in [-0.3, -0.25) is 4.79 Å². The summed E-state index contributed by atoms with van der Waals surface area (Å²) in [7, 11) is 1.88. The van der Waals surface area contributed by atoms with E-state index in [0.717, 1.165) is 28.8 Å². The van der Waals surface area contributed by atoms with Crippen LogP contribution in [0.15, 0.2) is 28.7 Å². The Hall–Kier alpha value is -1.76. The zero-order chi connectivity index (χ0) is 17.1. The van der Waals surface area contributed by atoms with Crippen molar-refractivity contribution < 1.29 is 4.79 Å². The summed E-state index contributed by atoms with van der Waals surface area (Å²) in [5, 5.41) is 12.4. The third kappa shape index (κ3) is 4.01. The van der Waals surface area contributed by atoms with Crippen molar-refractivity contribution in [2.24, 2.45) is 5.92 Å².